The SMILES string of the molecule is Cc1ccnc(-c2ccc3c(c2)CC(=O)[C@]32OCN(CC(=O)N(Cc3ccc(F)cc3)[C@@H](C)C(F)(F)F)C2=O)n1. The van der Waals surface area contributed by atoms with Crippen molar-refractivity contribution in [2.75, 3.05) is 13.3 Å². The lowest BCUT2D eigenvalue weighted by Crippen LogP contribution is -2.51. The molecule has 0 saturated carbocycles. The van der Waals surface area contributed by atoms with Crippen LogP contribution in [0.4, 0.5) is 17.6 Å². The van der Waals surface area contributed by atoms with Crippen molar-refractivity contribution >= 4 is 17.6 Å². The Morgan fingerprint density at radius 2 is 1.88 bits per heavy atom. The van der Waals surface area contributed by atoms with Gasteiger partial charge in [-0.2, -0.15) is 13.2 Å². The Bertz CT molecular complexity index is 1490. The van der Waals surface area contributed by atoms with Crippen molar-refractivity contribution in [1.82, 2.24) is 19.8 Å². The first-order valence-electron chi connectivity index (χ1n) is 12.4. The van der Waals surface area contributed by atoms with Crippen LogP contribution in [0, 0.1) is 12.7 Å². The first-order chi connectivity index (χ1) is 18.9. The van der Waals surface area contributed by atoms with E-state index in [0.29, 0.717) is 27.4 Å². The average Bonchev–Trinajstić information content (AvgIpc) is 3.38. The van der Waals surface area contributed by atoms with Gasteiger partial charge in [0.2, 0.25) is 11.5 Å². The van der Waals surface area contributed by atoms with Crippen LogP contribution >= 0.6 is 0 Å². The highest BCUT2D eigenvalue weighted by molar-refractivity contribution is 6.15. The summed E-state index contributed by atoms with van der Waals surface area (Å²) in [4.78, 5) is 50.0. The molecule has 2 atom stereocenters. The molecule has 1 fully saturated rings. The topological polar surface area (TPSA) is 92.7 Å². The fourth-order valence-electron chi connectivity index (χ4n) is 4.94. The van der Waals surface area contributed by atoms with Crippen molar-refractivity contribution in [3.8, 4) is 11.4 Å². The van der Waals surface area contributed by atoms with E-state index < -0.39 is 61.1 Å². The number of hydrogen-bond donors (Lipinski definition) is 0. The number of carbonyl (C=O) groups excluding carboxylic acids is 3. The fraction of sp³-hybridized carbons (Fsp3) is 0.321. The quantitative estimate of drug-likeness (QED) is 0.340. The molecule has 2 amide bonds. The number of benzene rings is 2. The molecular weight excluding hydrogens is 532 g/mol. The third-order valence-electron chi connectivity index (χ3n) is 7.16. The summed E-state index contributed by atoms with van der Waals surface area (Å²) in [7, 11) is 0. The summed E-state index contributed by atoms with van der Waals surface area (Å²) in [5.74, 6) is -2.47. The van der Waals surface area contributed by atoms with Crippen molar-refractivity contribution in [2.24, 2.45) is 0 Å². The molecule has 0 radical (unpaired) electrons. The summed E-state index contributed by atoms with van der Waals surface area (Å²) in [6.45, 7) is 0.994. The minimum atomic E-state index is -4.75. The number of nitrogens with zero attached hydrogens (tertiary/aromatic N) is 4. The standard InChI is InChI=1S/C28H24F4N4O4/c1-16-9-10-33-25(34-16)19-5-8-22-20(11-19)12-23(37)27(22)26(39)35(15-40-27)14-24(38)36(17(2)28(30,31)32)13-18-3-6-21(29)7-4-18/h3-11,17H,12-15H2,1-2H3/t17-,27+/m0/s1. The lowest BCUT2D eigenvalue weighted by Gasteiger charge is -2.32. The van der Waals surface area contributed by atoms with Crippen LogP contribution in [0.5, 0.6) is 0 Å². The van der Waals surface area contributed by atoms with Crippen molar-refractivity contribution in [2.45, 2.75) is 44.6 Å². The smallest absolute Gasteiger partial charge is 0.332 e. The molecule has 208 valence electrons. The molecule has 8 nitrogen and oxygen atoms in total. The Hall–Kier alpha value is -4.19. The zero-order valence-electron chi connectivity index (χ0n) is 21.5. The summed E-state index contributed by atoms with van der Waals surface area (Å²) in [5.41, 5.74) is 0.556. The number of hydrogen-bond acceptors (Lipinski definition) is 6. The Balaban J connectivity index is 1.38. The number of alkyl halides is 3. The summed E-state index contributed by atoms with van der Waals surface area (Å²) in [5, 5.41) is 0. The van der Waals surface area contributed by atoms with Crippen LogP contribution in [0.3, 0.4) is 0 Å². The number of ketones is 1. The average molecular weight is 557 g/mol. The van der Waals surface area contributed by atoms with E-state index in [2.05, 4.69) is 9.97 Å². The first kappa shape index (κ1) is 27.4. The third kappa shape index (κ3) is 4.83. The van der Waals surface area contributed by atoms with Crippen molar-refractivity contribution in [1.29, 1.82) is 0 Å². The van der Waals surface area contributed by atoms with Crippen molar-refractivity contribution < 1.29 is 36.7 Å². The zero-order valence-corrected chi connectivity index (χ0v) is 21.5. The molecule has 1 saturated heterocycles. The van der Waals surface area contributed by atoms with E-state index in [1.165, 1.54) is 12.1 Å². The van der Waals surface area contributed by atoms with Gasteiger partial charge in [-0.05, 0) is 49.2 Å². The number of Topliss-reactive ketones (excluding diaryl/α,β-unsaturated/α-hetero) is 1. The highest BCUT2D eigenvalue weighted by atomic mass is 19.4. The second-order valence-corrected chi connectivity index (χ2v) is 9.82. The Labute approximate surface area is 226 Å². The number of aryl methyl sites for hydroxylation is 1. The number of aromatic nitrogens is 2. The largest absolute Gasteiger partial charge is 0.408 e. The van der Waals surface area contributed by atoms with Gasteiger partial charge in [0.25, 0.3) is 5.91 Å². The van der Waals surface area contributed by atoms with E-state index in [4.69, 9.17) is 4.74 Å². The Morgan fingerprint density at radius 3 is 2.55 bits per heavy atom. The minimum Gasteiger partial charge on any atom is -0.332 e. The van der Waals surface area contributed by atoms with Crippen molar-refractivity contribution in [3.05, 3.63) is 82.9 Å². The highest BCUT2D eigenvalue weighted by Gasteiger charge is 2.59. The van der Waals surface area contributed by atoms with Gasteiger partial charge in [-0.25, -0.2) is 14.4 Å². The number of fused-ring (bicyclic) bond motifs is 2. The molecule has 1 aliphatic carbocycles. The molecule has 1 spiro atoms. The number of rotatable bonds is 6. The maximum absolute atomic E-state index is 13.6. The van der Waals surface area contributed by atoms with Crippen LogP contribution in [0.15, 0.2) is 54.7 Å². The van der Waals surface area contributed by atoms with Gasteiger partial charge in [0.15, 0.2) is 11.6 Å². The number of amides is 2. The summed E-state index contributed by atoms with van der Waals surface area (Å²) < 4.78 is 59.9. The number of halogens is 4. The molecule has 0 unspecified atom stereocenters. The minimum absolute atomic E-state index is 0.107. The first-order valence-corrected chi connectivity index (χ1v) is 12.4. The third-order valence-corrected chi connectivity index (χ3v) is 7.16. The molecule has 0 bridgehead atoms. The van der Waals surface area contributed by atoms with E-state index in [1.54, 1.807) is 30.5 Å². The van der Waals surface area contributed by atoms with Gasteiger partial charge < -0.3 is 14.5 Å². The summed E-state index contributed by atoms with van der Waals surface area (Å²) >= 11 is 0. The maximum Gasteiger partial charge on any atom is 0.408 e. The van der Waals surface area contributed by atoms with Gasteiger partial charge in [0.05, 0.1) is 0 Å². The second kappa shape index (κ2) is 10.1. The molecule has 0 N–H and O–H groups in total. The maximum atomic E-state index is 13.6. The van der Waals surface area contributed by atoms with Crippen LogP contribution in [0.25, 0.3) is 11.4 Å². The predicted molar refractivity (Wildman–Crippen MR) is 133 cm³/mol. The second-order valence-electron chi connectivity index (χ2n) is 9.82. The van der Waals surface area contributed by atoms with E-state index in [0.717, 1.165) is 29.7 Å². The van der Waals surface area contributed by atoms with Gasteiger partial charge in [0, 0.05) is 36.0 Å². The van der Waals surface area contributed by atoms with E-state index in [9.17, 15) is 31.9 Å². The predicted octanol–water partition coefficient (Wildman–Crippen LogP) is 3.71. The molecule has 12 heteroatoms. The molecule has 40 heavy (non-hydrogen) atoms. The monoisotopic (exact) mass is 556 g/mol. The Morgan fingerprint density at radius 1 is 1.15 bits per heavy atom. The van der Waals surface area contributed by atoms with Gasteiger partial charge in [-0.15, -0.1) is 0 Å². The molecule has 1 aromatic heterocycles. The molecule has 3 aromatic rings. The molecule has 5 rings (SSSR count). The Kier molecular flexibility index (Phi) is 6.90. The molecule has 2 aromatic carbocycles. The van der Waals surface area contributed by atoms with Crippen LogP contribution in [-0.2, 0) is 37.7 Å². The number of carbonyl (C=O) groups is 3. The van der Waals surface area contributed by atoms with Gasteiger partial charge in [-0.1, -0.05) is 24.3 Å². The molecule has 2 aliphatic rings. The highest BCUT2D eigenvalue weighted by Crippen LogP contribution is 2.43. The lowest BCUT2D eigenvalue weighted by atomic mass is 9.93. The van der Waals surface area contributed by atoms with E-state index in [1.807, 2.05) is 6.92 Å². The van der Waals surface area contributed by atoms with Gasteiger partial charge in [-0.3, -0.25) is 14.4 Å². The van der Waals surface area contributed by atoms with Crippen molar-refractivity contribution in [3.63, 3.8) is 0 Å². The van der Waals surface area contributed by atoms with Gasteiger partial charge in [0.1, 0.15) is 25.1 Å². The molecule has 1 aliphatic heterocycles. The van der Waals surface area contributed by atoms with E-state index >= 15 is 0 Å². The van der Waals surface area contributed by atoms with Crippen LogP contribution in [0.2, 0.25) is 0 Å². The molecular formula is C28H24F4N4O4. The normalized spacial score (nSPS) is 19.3. The summed E-state index contributed by atoms with van der Waals surface area (Å²) in [6, 6.07) is 9.22. The van der Waals surface area contributed by atoms with Gasteiger partial charge >= 0.3 is 6.18 Å². The fourth-order valence-corrected chi connectivity index (χ4v) is 4.94. The lowest BCUT2D eigenvalue weighted by molar-refractivity contribution is -0.187. The number of ether oxygens (including phenoxy) is 1. The van der Waals surface area contributed by atoms with Crippen LogP contribution < -0.4 is 0 Å². The van der Waals surface area contributed by atoms with Crippen LogP contribution in [-0.4, -0.2) is 62.9 Å². The van der Waals surface area contributed by atoms with Crippen LogP contribution in [0.1, 0.15) is 29.3 Å². The summed E-state index contributed by atoms with van der Waals surface area (Å²) in [6.07, 6.45) is -3.25. The zero-order chi connectivity index (χ0) is 28.8. The van der Waals surface area contributed by atoms with E-state index in [-0.39, 0.29) is 12.0 Å². The molecule has 2 heterocycles.